The van der Waals surface area contributed by atoms with E-state index < -0.39 is 0 Å². The van der Waals surface area contributed by atoms with Gasteiger partial charge in [-0.3, -0.25) is 9.36 Å². The number of rotatable bonds is 5. The van der Waals surface area contributed by atoms with Gasteiger partial charge in [-0.2, -0.15) is 0 Å². The molecule has 2 aromatic rings. The summed E-state index contributed by atoms with van der Waals surface area (Å²) in [6, 6.07) is 8.26. The molecule has 0 fully saturated rings. The Morgan fingerprint density at radius 2 is 2.21 bits per heavy atom. The largest absolute Gasteiger partial charge is 0.343 e. The summed E-state index contributed by atoms with van der Waals surface area (Å²) in [4.78, 5) is 26.4. The van der Waals surface area contributed by atoms with Gasteiger partial charge in [0.2, 0.25) is 5.91 Å². The van der Waals surface area contributed by atoms with Crippen molar-refractivity contribution in [2.75, 3.05) is 10.7 Å². The monoisotopic (exact) mass is 346 g/mol. The number of aryl methyl sites for hydroxylation is 1. The molecular formula is C17H22N4O2S. The van der Waals surface area contributed by atoms with Gasteiger partial charge in [0, 0.05) is 18.3 Å². The molecule has 0 aliphatic carbocycles. The highest BCUT2D eigenvalue weighted by atomic mass is 32.2. The highest BCUT2D eigenvalue weighted by Gasteiger charge is 2.28. The van der Waals surface area contributed by atoms with E-state index in [4.69, 9.17) is 0 Å². The molecule has 128 valence electrons. The third kappa shape index (κ3) is 3.26. The Morgan fingerprint density at radius 3 is 3.00 bits per heavy atom. The van der Waals surface area contributed by atoms with Gasteiger partial charge in [0.15, 0.2) is 5.16 Å². The summed E-state index contributed by atoms with van der Waals surface area (Å²) >= 11 is 1.32. The molecule has 0 saturated heterocycles. The van der Waals surface area contributed by atoms with Crippen LogP contribution in [0.2, 0.25) is 0 Å². The van der Waals surface area contributed by atoms with E-state index in [0.29, 0.717) is 11.7 Å². The summed E-state index contributed by atoms with van der Waals surface area (Å²) < 4.78 is 1.59. The summed E-state index contributed by atoms with van der Waals surface area (Å²) in [5.74, 6) is 0.324. The van der Waals surface area contributed by atoms with E-state index in [1.54, 1.807) is 4.57 Å². The van der Waals surface area contributed by atoms with Crippen LogP contribution in [0.5, 0.6) is 0 Å². The average molecular weight is 346 g/mol. The van der Waals surface area contributed by atoms with Gasteiger partial charge >= 0.3 is 5.69 Å². The molecule has 1 aliphatic heterocycles. The average Bonchev–Trinajstić information content (AvgIpc) is 2.93. The van der Waals surface area contributed by atoms with E-state index in [1.165, 1.54) is 17.3 Å². The topological polar surface area (TPSA) is 71.0 Å². The number of aromatic amines is 1. The molecule has 24 heavy (non-hydrogen) atoms. The van der Waals surface area contributed by atoms with E-state index in [-0.39, 0.29) is 23.4 Å². The molecule has 1 N–H and O–H groups in total. The van der Waals surface area contributed by atoms with Crippen molar-refractivity contribution in [2.24, 2.45) is 0 Å². The zero-order valence-electron chi connectivity index (χ0n) is 14.0. The van der Waals surface area contributed by atoms with Crippen LogP contribution in [0, 0.1) is 0 Å². The smallest absolute Gasteiger partial charge is 0.309 e. The normalized spacial score (nSPS) is 16.9. The maximum Gasteiger partial charge on any atom is 0.343 e. The van der Waals surface area contributed by atoms with Crippen molar-refractivity contribution in [3.63, 3.8) is 0 Å². The van der Waals surface area contributed by atoms with Gasteiger partial charge in [-0.15, -0.1) is 5.10 Å². The van der Waals surface area contributed by atoms with Crippen LogP contribution in [-0.2, 0) is 17.8 Å². The highest BCUT2D eigenvalue weighted by molar-refractivity contribution is 7.99. The van der Waals surface area contributed by atoms with E-state index >= 15 is 0 Å². The van der Waals surface area contributed by atoms with Gasteiger partial charge in [-0.05, 0) is 37.8 Å². The van der Waals surface area contributed by atoms with E-state index in [0.717, 1.165) is 24.9 Å². The first-order valence-electron chi connectivity index (χ1n) is 8.29. The first kappa shape index (κ1) is 16.8. The van der Waals surface area contributed by atoms with Crippen LogP contribution in [0.15, 0.2) is 34.2 Å². The third-order valence-electron chi connectivity index (χ3n) is 4.29. The Morgan fingerprint density at radius 1 is 1.42 bits per heavy atom. The van der Waals surface area contributed by atoms with Crippen molar-refractivity contribution in [3.8, 4) is 0 Å². The van der Waals surface area contributed by atoms with Crippen LogP contribution in [0.3, 0.4) is 0 Å². The minimum Gasteiger partial charge on any atom is -0.309 e. The molecule has 2 heterocycles. The minimum atomic E-state index is -0.219. The first-order chi connectivity index (χ1) is 11.6. The molecule has 0 radical (unpaired) electrons. The lowest BCUT2D eigenvalue weighted by Crippen LogP contribution is -2.43. The van der Waals surface area contributed by atoms with Crippen LogP contribution in [0.25, 0.3) is 0 Å². The van der Waals surface area contributed by atoms with Crippen LogP contribution in [0.4, 0.5) is 5.69 Å². The van der Waals surface area contributed by atoms with Gasteiger partial charge in [0.05, 0.1) is 5.75 Å². The second kappa shape index (κ2) is 7.25. The van der Waals surface area contributed by atoms with Crippen molar-refractivity contribution in [1.82, 2.24) is 14.8 Å². The Hall–Kier alpha value is -2.02. The van der Waals surface area contributed by atoms with Gasteiger partial charge < -0.3 is 4.90 Å². The highest BCUT2D eigenvalue weighted by Crippen LogP contribution is 2.31. The zero-order valence-corrected chi connectivity index (χ0v) is 14.8. The molecule has 3 rings (SSSR count). The number of para-hydroxylation sites is 1. The number of thioether (sulfide) groups is 1. The minimum absolute atomic E-state index is 0.0538. The molecule has 1 aliphatic rings. The van der Waals surface area contributed by atoms with Crippen LogP contribution in [-0.4, -0.2) is 32.5 Å². The maximum absolute atomic E-state index is 12.8. The maximum atomic E-state index is 12.8. The summed E-state index contributed by atoms with van der Waals surface area (Å²) in [5, 5.41) is 7.07. The molecule has 6 nitrogen and oxygen atoms in total. The summed E-state index contributed by atoms with van der Waals surface area (Å²) in [7, 11) is 0. The van der Waals surface area contributed by atoms with Crippen molar-refractivity contribution in [3.05, 3.63) is 40.3 Å². The Kier molecular flexibility index (Phi) is 5.08. The molecular weight excluding hydrogens is 324 g/mol. The summed E-state index contributed by atoms with van der Waals surface area (Å²) in [6.07, 6.45) is 2.82. The number of carbonyl (C=O) groups excluding carboxylic acids is 1. The predicted molar refractivity (Wildman–Crippen MR) is 95.6 cm³/mol. The van der Waals surface area contributed by atoms with Crippen molar-refractivity contribution >= 4 is 23.4 Å². The number of hydrogen-bond donors (Lipinski definition) is 1. The van der Waals surface area contributed by atoms with Crippen molar-refractivity contribution in [2.45, 2.75) is 50.9 Å². The number of nitrogens with one attached hydrogen (secondary N) is 1. The molecule has 1 aromatic carbocycles. The molecule has 0 bridgehead atoms. The quantitative estimate of drug-likeness (QED) is 0.844. The molecule has 1 aromatic heterocycles. The second-order valence-corrected chi connectivity index (χ2v) is 6.97. The zero-order chi connectivity index (χ0) is 17.1. The van der Waals surface area contributed by atoms with Crippen molar-refractivity contribution < 1.29 is 4.79 Å². The Bertz CT molecular complexity index is 783. The number of carbonyl (C=O) groups is 1. The van der Waals surface area contributed by atoms with Crippen LogP contribution in [0.1, 0.15) is 32.3 Å². The second-order valence-electron chi connectivity index (χ2n) is 6.03. The van der Waals surface area contributed by atoms with Crippen molar-refractivity contribution in [1.29, 1.82) is 0 Å². The van der Waals surface area contributed by atoms with E-state index in [9.17, 15) is 9.59 Å². The number of fused-ring (bicyclic) bond motifs is 1. The number of amides is 1. The molecule has 0 saturated carbocycles. The van der Waals surface area contributed by atoms with Crippen LogP contribution >= 0.6 is 11.8 Å². The number of anilines is 1. The SMILES string of the molecule is CCCn1c(SCC(=O)N2c3ccccc3CCC2C)n[nH]c1=O. The number of H-pyrrole nitrogens is 1. The van der Waals surface area contributed by atoms with E-state index in [2.05, 4.69) is 23.2 Å². The lowest BCUT2D eigenvalue weighted by Gasteiger charge is -2.35. The lowest BCUT2D eigenvalue weighted by atomic mass is 9.97. The lowest BCUT2D eigenvalue weighted by molar-refractivity contribution is -0.116. The predicted octanol–water partition coefficient (Wildman–Crippen LogP) is 2.44. The fourth-order valence-electron chi connectivity index (χ4n) is 3.10. The summed E-state index contributed by atoms with van der Waals surface area (Å²) in [6.45, 7) is 4.69. The fourth-order valence-corrected chi connectivity index (χ4v) is 3.93. The summed E-state index contributed by atoms with van der Waals surface area (Å²) in [5.41, 5.74) is 2.01. The molecule has 1 atom stereocenters. The number of aromatic nitrogens is 3. The Labute approximate surface area is 145 Å². The van der Waals surface area contributed by atoms with Crippen LogP contribution < -0.4 is 10.6 Å². The van der Waals surface area contributed by atoms with Gasteiger partial charge in [0.25, 0.3) is 0 Å². The third-order valence-corrected chi connectivity index (χ3v) is 5.25. The first-order valence-corrected chi connectivity index (χ1v) is 9.28. The van der Waals surface area contributed by atoms with E-state index in [1.807, 2.05) is 30.0 Å². The molecule has 7 heteroatoms. The molecule has 1 unspecified atom stereocenters. The number of nitrogens with zero attached hydrogens (tertiary/aromatic N) is 3. The number of hydrogen-bond acceptors (Lipinski definition) is 4. The standard InChI is InChI=1S/C17H22N4O2S/c1-3-10-20-16(23)18-19-17(20)24-11-15(22)21-12(2)8-9-13-6-4-5-7-14(13)21/h4-7,12H,3,8-11H2,1-2H3,(H,18,23). The van der Waals surface area contributed by atoms with Gasteiger partial charge in [0.1, 0.15) is 0 Å². The molecule has 1 amide bonds. The fraction of sp³-hybridized carbons (Fsp3) is 0.471. The molecule has 0 spiro atoms. The number of benzene rings is 1. The van der Waals surface area contributed by atoms with Gasteiger partial charge in [-0.1, -0.05) is 36.9 Å². The Balaban J connectivity index is 1.75. The van der Waals surface area contributed by atoms with Gasteiger partial charge in [-0.25, -0.2) is 9.89 Å².